The second-order valence-electron chi connectivity index (χ2n) is 3.87. The van der Waals surface area contributed by atoms with Crippen LogP contribution in [-0.2, 0) is 11.3 Å². The summed E-state index contributed by atoms with van der Waals surface area (Å²) in [7, 11) is 0. The number of carboxylic acid groups (broad SMARTS) is 1. The molecule has 5 nitrogen and oxygen atoms in total. The average molecular weight is 266 g/mol. The lowest BCUT2D eigenvalue weighted by Gasteiger charge is -2.13. The molecule has 1 aromatic carbocycles. The molecule has 0 aromatic heterocycles. The van der Waals surface area contributed by atoms with Crippen LogP contribution in [0.2, 0.25) is 0 Å². The number of halogens is 1. The number of carboxylic acids is 1. The van der Waals surface area contributed by atoms with Gasteiger partial charge in [0.05, 0.1) is 0 Å². The molecule has 2 amide bonds. The standard InChI is InChI=1S/C13H15FN2O3/c1-2-4-11(12(17)18)16-13(19)15-8-9-5-3-6-10(14)7-9/h2-3,5-7,11H,1,4,8H2,(H,17,18)(H2,15,16,19). The molecule has 1 atom stereocenters. The summed E-state index contributed by atoms with van der Waals surface area (Å²) in [5, 5.41) is 13.6. The molecule has 19 heavy (non-hydrogen) atoms. The fraction of sp³-hybridized carbons (Fsp3) is 0.231. The van der Waals surface area contributed by atoms with Crippen molar-refractivity contribution in [3.05, 3.63) is 48.3 Å². The number of urea groups is 1. The SMILES string of the molecule is C=CCC(NC(=O)NCc1cccc(F)c1)C(=O)O. The molecule has 0 heterocycles. The van der Waals surface area contributed by atoms with Crippen LogP contribution in [0.15, 0.2) is 36.9 Å². The highest BCUT2D eigenvalue weighted by molar-refractivity contribution is 5.82. The van der Waals surface area contributed by atoms with E-state index in [0.717, 1.165) is 0 Å². The van der Waals surface area contributed by atoms with Crippen molar-refractivity contribution in [2.45, 2.75) is 19.0 Å². The predicted molar refractivity (Wildman–Crippen MR) is 68.0 cm³/mol. The maximum Gasteiger partial charge on any atom is 0.326 e. The third kappa shape index (κ3) is 5.20. The van der Waals surface area contributed by atoms with Gasteiger partial charge in [0.2, 0.25) is 0 Å². The molecule has 0 aliphatic rings. The molecule has 1 unspecified atom stereocenters. The second-order valence-corrected chi connectivity index (χ2v) is 3.87. The number of carbonyl (C=O) groups is 2. The summed E-state index contributed by atoms with van der Waals surface area (Å²) < 4.78 is 12.9. The minimum absolute atomic E-state index is 0.115. The Kier molecular flexibility index (Phi) is 5.53. The first-order valence-electron chi connectivity index (χ1n) is 5.65. The maximum atomic E-state index is 12.9. The summed E-state index contributed by atoms with van der Waals surface area (Å²) in [6.45, 7) is 3.53. The first-order chi connectivity index (χ1) is 9.02. The van der Waals surface area contributed by atoms with Crippen LogP contribution in [-0.4, -0.2) is 23.1 Å². The van der Waals surface area contributed by atoms with Crippen LogP contribution in [0.1, 0.15) is 12.0 Å². The highest BCUT2D eigenvalue weighted by atomic mass is 19.1. The van der Waals surface area contributed by atoms with Gasteiger partial charge in [0.25, 0.3) is 0 Å². The van der Waals surface area contributed by atoms with E-state index in [4.69, 9.17) is 5.11 Å². The van der Waals surface area contributed by atoms with Crippen molar-refractivity contribution in [1.82, 2.24) is 10.6 Å². The second kappa shape index (κ2) is 7.15. The van der Waals surface area contributed by atoms with Gasteiger partial charge < -0.3 is 15.7 Å². The monoisotopic (exact) mass is 266 g/mol. The third-order valence-corrected chi connectivity index (χ3v) is 2.35. The van der Waals surface area contributed by atoms with Gasteiger partial charge in [-0.05, 0) is 24.1 Å². The number of nitrogens with one attached hydrogen (secondary N) is 2. The van der Waals surface area contributed by atoms with Gasteiger partial charge in [-0.25, -0.2) is 14.0 Å². The van der Waals surface area contributed by atoms with Gasteiger partial charge in [-0.1, -0.05) is 18.2 Å². The molecule has 6 heteroatoms. The van der Waals surface area contributed by atoms with Gasteiger partial charge in [0.15, 0.2) is 0 Å². The highest BCUT2D eigenvalue weighted by Gasteiger charge is 2.17. The average Bonchev–Trinajstić information content (AvgIpc) is 2.36. The molecule has 0 fully saturated rings. The summed E-state index contributed by atoms with van der Waals surface area (Å²) in [5.74, 6) is -1.53. The Labute approximate surface area is 110 Å². The minimum atomic E-state index is -1.14. The molecule has 0 aliphatic carbocycles. The van der Waals surface area contributed by atoms with Crippen molar-refractivity contribution >= 4 is 12.0 Å². The number of benzene rings is 1. The lowest BCUT2D eigenvalue weighted by Crippen LogP contribution is -2.45. The van der Waals surface area contributed by atoms with Gasteiger partial charge in [-0.2, -0.15) is 0 Å². The molecule has 0 aliphatic heterocycles. The third-order valence-electron chi connectivity index (χ3n) is 2.35. The van der Waals surface area contributed by atoms with Crippen LogP contribution < -0.4 is 10.6 Å². The molecule has 0 spiro atoms. The number of amides is 2. The van der Waals surface area contributed by atoms with Gasteiger partial charge in [-0.3, -0.25) is 0 Å². The van der Waals surface area contributed by atoms with Crippen LogP contribution >= 0.6 is 0 Å². The van der Waals surface area contributed by atoms with Crippen molar-refractivity contribution in [3.8, 4) is 0 Å². The van der Waals surface area contributed by atoms with Crippen molar-refractivity contribution in [3.63, 3.8) is 0 Å². The Balaban J connectivity index is 2.46. The normalized spacial score (nSPS) is 11.4. The molecular weight excluding hydrogens is 251 g/mol. The quantitative estimate of drug-likeness (QED) is 0.685. The van der Waals surface area contributed by atoms with Crippen molar-refractivity contribution in [1.29, 1.82) is 0 Å². The Morgan fingerprint density at radius 1 is 1.47 bits per heavy atom. The molecule has 3 N–H and O–H groups in total. The molecule has 1 aromatic rings. The maximum absolute atomic E-state index is 12.9. The van der Waals surface area contributed by atoms with Crippen LogP contribution in [0, 0.1) is 5.82 Å². The Hall–Kier alpha value is -2.37. The van der Waals surface area contributed by atoms with Gasteiger partial charge >= 0.3 is 12.0 Å². The Morgan fingerprint density at radius 3 is 2.79 bits per heavy atom. The minimum Gasteiger partial charge on any atom is -0.480 e. The first-order valence-corrected chi connectivity index (χ1v) is 5.65. The van der Waals surface area contributed by atoms with E-state index in [1.54, 1.807) is 6.07 Å². The predicted octanol–water partition coefficient (Wildman–Crippen LogP) is 1.65. The first kappa shape index (κ1) is 14.7. The fourth-order valence-electron chi connectivity index (χ4n) is 1.43. The molecule has 0 saturated carbocycles. The number of rotatable bonds is 6. The zero-order valence-corrected chi connectivity index (χ0v) is 10.2. The Bertz CT molecular complexity index is 477. The largest absolute Gasteiger partial charge is 0.480 e. The molecule has 102 valence electrons. The van der Waals surface area contributed by atoms with E-state index in [1.165, 1.54) is 24.3 Å². The highest BCUT2D eigenvalue weighted by Crippen LogP contribution is 2.02. The van der Waals surface area contributed by atoms with E-state index in [1.807, 2.05) is 0 Å². The van der Waals surface area contributed by atoms with E-state index in [2.05, 4.69) is 17.2 Å². The zero-order valence-electron chi connectivity index (χ0n) is 10.2. The van der Waals surface area contributed by atoms with Crippen LogP contribution in [0.25, 0.3) is 0 Å². The van der Waals surface area contributed by atoms with Gasteiger partial charge in [0, 0.05) is 6.54 Å². The number of hydrogen-bond acceptors (Lipinski definition) is 2. The van der Waals surface area contributed by atoms with E-state index >= 15 is 0 Å². The lowest BCUT2D eigenvalue weighted by atomic mass is 10.2. The van der Waals surface area contributed by atoms with Crippen molar-refractivity contribution in [2.24, 2.45) is 0 Å². The number of hydrogen-bond donors (Lipinski definition) is 3. The molecule has 0 radical (unpaired) electrons. The van der Waals surface area contributed by atoms with Crippen LogP contribution in [0.5, 0.6) is 0 Å². The molecular formula is C13H15FN2O3. The van der Waals surface area contributed by atoms with Crippen LogP contribution in [0.4, 0.5) is 9.18 Å². The van der Waals surface area contributed by atoms with E-state index in [0.29, 0.717) is 5.56 Å². The summed E-state index contributed by atoms with van der Waals surface area (Å²) >= 11 is 0. The van der Waals surface area contributed by atoms with Crippen LogP contribution in [0.3, 0.4) is 0 Å². The smallest absolute Gasteiger partial charge is 0.326 e. The van der Waals surface area contributed by atoms with E-state index < -0.39 is 23.9 Å². The molecule has 0 saturated heterocycles. The number of aliphatic carboxylic acids is 1. The van der Waals surface area contributed by atoms with Crippen molar-refractivity contribution in [2.75, 3.05) is 0 Å². The van der Waals surface area contributed by atoms with Gasteiger partial charge in [-0.15, -0.1) is 6.58 Å². The zero-order chi connectivity index (χ0) is 14.3. The number of carbonyl (C=O) groups excluding carboxylic acids is 1. The van der Waals surface area contributed by atoms with E-state index in [-0.39, 0.29) is 13.0 Å². The fourth-order valence-corrected chi connectivity index (χ4v) is 1.43. The van der Waals surface area contributed by atoms with E-state index in [9.17, 15) is 14.0 Å². The Morgan fingerprint density at radius 2 is 2.21 bits per heavy atom. The summed E-state index contributed by atoms with van der Waals surface area (Å²) in [6, 6.07) is 4.12. The summed E-state index contributed by atoms with van der Waals surface area (Å²) in [6.07, 6.45) is 1.54. The van der Waals surface area contributed by atoms with Crippen molar-refractivity contribution < 1.29 is 19.1 Å². The summed E-state index contributed by atoms with van der Waals surface area (Å²) in [4.78, 5) is 22.3. The molecule has 1 rings (SSSR count). The summed E-state index contributed by atoms with van der Waals surface area (Å²) in [5.41, 5.74) is 0.589. The molecule has 0 bridgehead atoms. The lowest BCUT2D eigenvalue weighted by molar-refractivity contribution is -0.139. The van der Waals surface area contributed by atoms with Gasteiger partial charge in [0.1, 0.15) is 11.9 Å². The topological polar surface area (TPSA) is 78.4 Å².